The molecule has 18 heavy (non-hydrogen) atoms. The van der Waals surface area contributed by atoms with Crippen molar-refractivity contribution in [2.75, 3.05) is 0 Å². The molecule has 0 aliphatic heterocycles. The average Bonchev–Trinajstić information content (AvgIpc) is 2.54. The van der Waals surface area contributed by atoms with Crippen LogP contribution in [0.4, 0.5) is 0 Å². The van der Waals surface area contributed by atoms with E-state index in [2.05, 4.69) is 15.9 Å². The number of aromatic nitrogens is 2. The van der Waals surface area contributed by atoms with Crippen molar-refractivity contribution in [1.82, 2.24) is 9.13 Å². The fourth-order valence-corrected chi connectivity index (χ4v) is 2.37. The van der Waals surface area contributed by atoms with Gasteiger partial charge in [0, 0.05) is 11.4 Å². The lowest BCUT2D eigenvalue weighted by atomic mass is 10.3. The molecule has 0 atom stereocenters. The first kappa shape index (κ1) is 12.6. The van der Waals surface area contributed by atoms with Gasteiger partial charge in [-0.25, -0.2) is 9.36 Å². The molecule has 0 radical (unpaired) electrons. The number of carbonyl (C=O) groups excluding carboxylic acids is 2. The van der Waals surface area contributed by atoms with Crippen LogP contribution in [0.15, 0.2) is 27.5 Å². The van der Waals surface area contributed by atoms with Gasteiger partial charge in [0.25, 0.3) is 0 Å². The number of carboxylic acid groups (broad SMARTS) is 1. The molecular weight excluding hydrogens is 304 g/mol. The molecule has 1 aromatic carbocycles. The van der Waals surface area contributed by atoms with E-state index in [0.717, 1.165) is 9.13 Å². The zero-order chi connectivity index (χ0) is 13.4. The van der Waals surface area contributed by atoms with Crippen LogP contribution in [0, 0.1) is 0 Å². The van der Waals surface area contributed by atoms with E-state index in [4.69, 9.17) is 0 Å². The molecular formula is C11H8BrN2O4-. The van der Waals surface area contributed by atoms with E-state index in [-0.39, 0.29) is 0 Å². The number of rotatable bonds is 2. The highest BCUT2D eigenvalue weighted by Crippen LogP contribution is 2.23. The van der Waals surface area contributed by atoms with E-state index in [0.29, 0.717) is 15.5 Å². The summed E-state index contributed by atoms with van der Waals surface area (Å²) in [5.41, 5.74) is 0.0404. The fourth-order valence-electron chi connectivity index (χ4n) is 1.84. The summed E-state index contributed by atoms with van der Waals surface area (Å²) in [6.07, 6.45) is 0. The van der Waals surface area contributed by atoms with Gasteiger partial charge in [-0.1, -0.05) is 6.07 Å². The minimum absolute atomic E-state index is 0.358. The summed E-state index contributed by atoms with van der Waals surface area (Å²) in [5.74, 6) is -1.87. The second kappa shape index (κ2) is 4.41. The van der Waals surface area contributed by atoms with Crippen molar-refractivity contribution in [3.63, 3.8) is 0 Å². The lowest BCUT2D eigenvalue weighted by Crippen LogP contribution is -2.34. The summed E-state index contributed by atoms with van der Waals surface area (Å²) >= 11 is 3.24. The molecule has 0 unspecified atom stereocenters. The molecule has 2 aromatic rings. The van der Waals surface area contributed by atoms with Crippen LogP contribution in [0.25, 0.3) is 11.0 Å². The van der Waals surface area contributed by atoms with Crippen molar-refractivity contribution in [2.45, 2.75) is 13.5 Å². The maximum absolute atomic E-state index is 12.0. The maximum Gasteiger partial charge on any atom is 0.336 e. The van der Waals surface area contributed by atoms with E-state index in [1.807, 2.05) is 0 Å². The Morgan fingerprint density at radius 1 is 1.39 bits per heavy atom. The molecule has 0 saturated heterocycles. The predicted molar refractivity (Wildman–Crippen MR) is 65.2 cm³/mol. The van der Waals surface area contributed by atoms with E-state index < -0.39 is 24.1 Å². The summed E-state index contributed by atoms with van der Waals surface area (Å²) in [5, 5.41) is 10.7. The van der Waals surface area contributed by atoms with Crippen molar-refractivity contribution in [2.24, 2.45) is 0 Å². The zero-order valence-electron chi connectivity index (χ0n) is 9.34. The summed E-state index contributed by atoms with van der Waals surface area (Å²) in [6, 6.07) is 4.90. The number of carboxylic acids is 1. The Morgan fingerprint density at radius 3 is 2.61 bits per heavy atom. The second-order valence-electron chi connectivity index (χ2n) is 3.70. The Morgan fingerprint density at radius 2 is 2.06 bits per heavy atom. The van der Waals surface area contributed by atoms with Gasteiger partial charge in [-0.2, -0.15) is 0 Å². The molecule has 94 valence electrons. The van der Waals surface area contributed by atoms with Gasteiger partial charge in [-0.15, -0.1) is 0 Å². The SMILES string of the molecule is CC(=O)n1c(=O)n(CC(=O)[O-])c2cccc(Br)c21. The predicted octanol–water partition coefficient (Wildman–Crippen LogP) is -0.0245. The van der Waals surface area contributed by atoms with Crippen LogP contribution in [-0.2, 0) is 11.3 Å². The van der Waals surface area contributed by atoms with Gasteiger partial charge >= 0.3 is 5.69 Å². The van der Waals surface area contributed by atoms with Crippen LogP contribution >= 0.6 is 15.9 Å². The molecule has 0 N–H and O–H groups in total. The average molecular weight is 312 g/mol. The number of carbonyl (C=O) groups is 2. The second-order valence-corrected chi connectivity index (χ2v) is 4.56. The van der Waals surface area contributed by atoms with Crippen LogP contribution < -0.4 is 10.8 Å². The van der Waals surface area contributed by atoms with E-state index in [1.54, 1.807) is 18.2 Å². The van der Waals surface area contributed by atoms with E-state index >= 15 is 0 Å². The number of imidazole rings is 1. The van der Waals surface area contributed by atoms with Crippen LogP contribution in [0.2, 0.25) is 0 Å². The first-order valence-electron chi connectivity index (χ1n) is 5.04. The third-order valence-electron chi connectivity index (χ3n) is 2.50. The number of hydrogen-bond acceptors (Lipinski definition) is 4. The normalized spacial score (nSPS) is 10.8. The van der Waals surface area contributed by atoms with Crippen LogP contribution in [0.3, 0.4) is 0 Å². The number of aliphatic carboxylic acids is 1. The molecule has 0 aliphatic rings. The molecule has 6 nitrogen and oxygen atoms in total. The number of hydrogen-bond donors (Lipinski definition) is 0. The molecule has 0 amide bonds. The van der Waals surface area contributed by atoms with Gasteiger partial charge in [0.2, 0.25) is 5.91 Å². The van der Waals surface area contributed by atoms with Gasteiger partial charge in [0.15, 0.2) is 0 Å². The third kappa shape index (κ3) is 1.86. The molecule has 0 bridgehead atoms. The van der Waals surface area contributed by atoms with Crippen LogP contribution in [0.1, 0.15) is 11.7 Å². The Labute approximate surface area is 110 Å². The van der Waals surface area contributed by atoms with E-state index in [1.165, 1.54) is 6.92 Å². The third-order valence-corrected chi connectivity index (χ3v) is 3.14. The number of nitrogens with zero attached hydrogens (tertiary/aromatic N) is 2. The van der Waals surface area contributed by atoms with Crippen molar-refractivity contribution in [3.05, 3.63) is 33.2 Å². The highest BCUT2D eigenvalue weighted by molar-refractivity contribution is 9.10. The molecule has 0 aliphatic carbocycles. The summed E-state index contributed by atoms with van der Waals surface area (Å²) in [4.78, 5) is 34.2. The molecule has 0 saturated carbocycles. The van der Waals surface area contributed by atoms with Gasteiger partial charge < -0.3 is 9.90 Å². The molecule has 7 heteroatoms. The summed E-state index contributed by atoms with van der Waals surface area (Å²) in [7, 11) is 0. The molecule has 1 heterocycles. The Balaban J connectivity index is 2.92. The quantitative estimate of drug-likeness (QED) is 0.780. The van der Waals surface area contributed by atoms with Crippen LogP contribution in [0.5, 0.6) is 0 Å². The van der Waals surface area contributed by atoms with Gasteiger partial charge in [0.1, 0.15) is 0 Å². The van der Waals surface area contributed by atoms with E-state index in [9.17, 15) is 19.5 Å². The van der Waals surface area contributed by atoms with Gasteiger partial charge in [-0.05, 0) is 28.1 Å². The fraction of sp³-hybridized carbons (Fsp3) is 0.182. The van der Waals surface area contributed by atoms with Crippen molar-refractivity contribution >= 4 is 38.8 Å². The summed E-state index contributed by atoms with van der Waals surface area (Å²) < 4.78 is 2.48. The zero-order valence-corrected chi connectivity index (χ0v) is 10.9. The number of halogens is 1. The Hall–Kier alpha value is -1.89. The lowest BCUT2D eigenvalue weighted by molar-refractivity contribution is -0.306. The summed E-state index contributed by atoms with van der Waals surface area (Å²) in [6.45, 7) is 0.649. The molecule has 1 aromatic heterocycles. The number of benzene rings is 1. The smallest absolute Gasteiger partial charge is 0.336 e. The monoisotopic (exact) mass is 311 g/mol. The van der Waals surface area contributed by atoms with Crippen molar-refractivity contribution < 1.29 is 14.7 Å². The highest BCUT2D eigenvalue weighted by Gasteiger charge is 2.17. The Kier molecular flexibility index (Phi) is 3.08. The lowest BCUT2D eigenvalue weighted by Gasteiger charge is -2.03. The first-order valence-corrected chi connectivity index (χ1v) is 5.83. The van der Waals surface area contributed by atoms with Gasteiger partial charge in [-0.3, -0.25) is 9.36 Å². The minimum Gasteiger partial charge on any atom is -0.548 e. The molecule has 0 spiro atoms. The van der Waals surface area contributed by atoms with Crippen LogP contribution in [-0.4, -0.2) is 21.0 Å². The number of fused-ring (bicyclic) bond motifs is 1. The maximum atomic E-state index is 12.0. The van der Waals surface area contributed by atoms with Crippen molar-refractivity contribution in [1.29, 1.82) is 0 Å². The van der Waals surface area contributed by atoms with Gasteiger partial charge in [0.05, 0.1) is 23.5 Å². The minimum atomic E-state index is -1.39. The largest absolute Gasteiger partial charge is 0.548 e. The standard InChI is InChI=1S/C11H9BrN2O4/c1-6(15)14-10-7(12)3-2-4-8(10)13(11(14)18)5-9(16)17/h2-4H,5H2,1H3,(H,16,17)/p-1. The molecule has 0 fully saturated rings. The highest BCUT2D eigenvalue weighted by atomic mass is 79.9. The molecule has 2 rings (SSSR count). The topological polar surface area (TPSA) is 84.1 Å². The Bertz CT molecular complexity index is 714. The van der Waals surface area contributed by atoms with Crippen molar-refractivity contribution in [3.8, 4) is 0 Å². The number of para-hydroxylation sites is 1. The first-order chi connectivity index (χ1) is 8.43.